The minimum atomic E-state index is -0.147. The van der Waals surface area contributed by atoms with Gasteiger partial charge in [0.2, 0.25) is 0 Å². The Morgan fingerprint density at radius 1 is 1.40 bits per heavy atom. The number of halogens is 1. The van der Waals surface area contributed by atoms with Gasteiger partial charge < -0.3 is 11.1 Å². The predicted molar refractivity (Wildman–Crippen MR) is 79.7 cm³/mol. The molecule has 20 heavy (non-hydrogen) atoms. The van der Waals surface area contributed by atoms with Crippen LogP contribution >= 0.6 is 11.6 Å². The molecule has 0 atom stereocenters. The molecular formula is C14H17ClN4O. The Hall–Kier alpha value is -1.85. The van der Waals surface area contributed by atoms with Crippen molar-refractivity contribution >= 4 is 17.5 Å². The largest absolute Gasteiger partial charge is 0.352 e. The van der Waals surface area contributed by atoms with Crippen molar-refractivity contribution in [2.24, 2.45) is 5.73 Å². The van der Waals surface area contributed by atoms with Crippen LogP contribution in [-0.4, -0.2) is 29.2 Å². The predicted octanol–water partition coefficient (Wildman–Crippen LogP) is 2.20. The van der Waals surface area contributed by atoms with E-state index in [-0.39, 0.29) is 5.91 Å². The molecule has 4 N–H and O–H groups in total. The molecule has 1 aromatic heterocycles. The van der Waals surface area contributed by atoms with Crippen LogP contribution in [0, 0.1) is 0 Å². The van der Waals surface area contributed by atoms with E-state index < -0.39 is 0 Å². The van der Waals surface area contributed by atoms with Crippen LogP contribution in [0.2, 0.25) is 5.02 Å². The SMILES string of the molecule is NCCCCNC(=O)c1cn[nH]c1-c1cccc(Cl)c1. The van der Waals surface area contributed by atoms with Gasteiger partial charge in [0, 0.05) is 17.1 Å². The highest BCUT2D eigenvalue weighted by Gasteiger charge is 2.14. The number of amides is 1. The Morgan fingerprint density at radius 3 is 3.00 bits per heavy atom. The van der Waals surface area contributed by atoms with Gasteiger partial charge in [0.15, 0.2) is 0 Å². The minimum absolute atomic E-state index is 0.147. The maximum Gasteiger partial charge on any atom is 0.255 e. The summed E-state index contributed by atoms with van der Waals surface area (Å²) < 4.78 is 0. The van der Waals surface area contributed by atoms with Crippen molar-refractivity contribution < 1.29 is 4.79 Å². The molecule has 0 saturated heterocycles. The van der Waals surface area contributed by atoms with Crippen LogP contribution in [-0.2, 0) is 0 Å². The van der Waals surface area contributed by atoms with E-state index in [9.17, 15) is 4.79 Å². The van der Waals surface area contributed by atoms with Crippen LogP contribution in [0.4, 0.5) is 0 Å². The Balaban J connectivity index is 2.10. The number of aromatic nitrogens is 2. The number of aromatic amines is 1. The molecule has 0 aliphatic carbocycles. The van der Waals surface area contributed by atoms with Crippen molar-refractivity contribution in [1.29, 1.82) is 0 Å². The van der Waals surface area contributed by atoms with Gasteiger partial charge in [-0.3, -0.25) is 9.89 Å². The maximum atomic E-state index is 12.1. The molecule has 0 saturated carbocycles. The summed E-state index contributed by atoms with van der Waals surface area (Å²) in [7, 11) is 0. The van der Waals surface area contributed by atoms with Gasteiger partial charge in [-0.05, 0) is 31.5 Å². The first-order chi connectivity index (χ1) is 9.72. The summed E-state index contributed by atoms with van der Waals surface area (Å²) in [6.07, 6.45) is 3.29. The third-order valence-corrected chi connectivity index (χ3v) is 3.15. The first-order valence-electron chi connectivity index (χ1n) is 6.50. The molecule has 0 spiro atoms. The smallest absolute Gasteiger partial charge is 0.255 e. The lowest BCUT2D eigenvalue weighted by Gasteiger charge is -2.05. The van der Waals surface area contributed by atoms with Crippen molar-refractivity contribution in [3.05, 3.63) is 41.0 Å². The van der Waals surface area contributed by atoms with Gasteiger partial charge in [-0.2, -0.15) is 5.10 Å². The van der Waals surface area contributed by atoms with E-state index in [1.165, 1.54) is 6.20 Å². The van der Waals surface area contributed by atoms with Crippen molar-refractivity contribution in [3.8, 4) is 11.3 Å². The molecule has 5 nitrogen and oxygen atoms in total. The summed E-state index contributed by atoms with van der Waals surface area (Å²) >= 11 is 5.97. The monoisotopic (exact) mass is 292 g/mol. The highest BCUT2D eigenvalue weighted by molar-refractivity contribution is 6.30. The number of carbonyl (C=O) groups excluding carboxylic acids is 1. The number of hydrogen-bond donors (Lipinski definition) is 3. The van der Waals surface area contributed by atoms with E-state index >= 15 is 0 Å². The fraction of sp³-hybridized carbons (Fsp3) is 0.286. The zero-order valence-electron chi connectivity index (χ0n) is 11.0. The lowest BCUT2D eigenvalue weighted by Crippen LogP contribution is -2.25. The van der Waals surface area contributed by atoms with E-state index in [0.29, 0.717) is 29.4 Å². The second-order valence-corrected chi connectivity index (χ2v) is 4.86. The molecule has 0 bridgehead atoms. The molecule has 0 unspecified atom stereocenters. The summed E-state index contributed by atoms with van der Waals surface area (Å²) in [5, 5.41) is 10.3. The molecule has 6 heteroatoms. The minimum Gasteiger partial charge on any atom is -0.352 e. The molecule has 2 rings (SSSR count). The second kappa shape index (κ2) is 7.07. The number of nitrogens with two attached hydrogens (primary N) is 1. The molecule has 0 radical (unpaired) electrons. The van der Waals surface area contributed by atoms with E-state index in [4.69, 9.17) is 17.3 Å². The first-order valence-corrected chi connectivity index (χ1v) is 6.87. The Bertz CT molecular complexity index is 582. The van der Waals surface area contributed by atoms with Gasteiger partial charge in [0.1, 0.15) is 0 Å². The zero-order valence-corrected chi connectivity index (χ0v) is 11.8. The summed E-state index contributed by atoms with van der Waals surface area (Å²) in [6, 6.07) is 7.29. The van der Waals surface area contributed by atoms with E-state index in [2.05, 4.69) is 15.5 Å². The molecule has 0 aliphatic rings. The van der Waals surface area contributed by atoms with Crippen LogP contribution in [0.1, 0.15) is 23.2 Å². The number of nitrogens with one attached hydrogen (secondary N) is 2. The average molecular weight is 293 g/mol. The molecule has 0 fully saturated rings. The van der Waals surface area contributed by atoms with Gasteiger partial charge in [-0.25, -0.2) is 0 Å². The van der Waals surface area contributed by atoms with Crippen LogP contribution in [0.25, 0.3) is 11.3 Å². The maximum absolute atomic E-state index is 12.1. The van der Waals surface area contributed by atoms with Crippen molar-refractivity contribution in [1.82, 2.24) is 15.5 Å². The van der Waals surface area contributed by atoms with Gasteiger partial charge >= 0.3 is 0 Å². The number of carbonyl (C=O) groups is 1. The summed E-state index contributed by atoms with van der Waals surface area (Å²) in [5.74, 6) is -0.147. The normalized spacial score (nSPS) is 10.5. The Kier molecular flexibility index (Phi) is 5.15. The van der Waals surface area contributed by atoms with Gasteiger partial charge in [-0.15, -0.1) is 0 Å². The van der Waals surface area contributed by atoms with E-state index in [1.54, 1.807) is 12.1 Å². The number of hydrogen-bond acceptors (Lipinski definition) is 3. The number of unbranched alkanes of at least 4 members (excludes halogenated alkanes) is 1. The van der Waals surface area contributed by atoms with Crippen LogP contribution in [0.15, 0.2) is 30.5 Å². The van der Waals surface area contributed by atoms with Crippen molar-refractivity contribution in [2.75, 3.05) is 13.1 Å². The second-order valence-electron chi connectivity index (χ2n) is 4.42. The molecule has 2 aromatic rings. The Labute approximate surface area is 122 Å². The average Bonchev–Trinajstić information content (AvgIpc) is 2.93. The van der Waals surface area contributed by atoms with E-state index in [1.807, 2.05) is 12.1 Å². The zero-order chi connectivity index (χ0) is 14.4. The molecule has 0 aliphatic heterocycles. The summed E-state index contributed by atoms with van der Waals surface area (Å²) in [5.41, 5.74) is 7.43. The summed E-state index contributed by atoms with van der Waals surface area (Å²) in [6.45, 7) is 1.24. The molecule has 1 aromatic carbocycles. The molecule has 1 heterocycles. The van der Waals surface area contributed by atoms with Crippen LogP contribution < -0.4 is 11.1 Å². The Morgan fingerprint density at radius 2 is 2.25 bits per heavy atom. The molecular weight excluding hydrogens is 276 g/mol. The van der Waals surface area contributed by atoms with Gasteiger partial charge in [0.05, 0.1) is 17.5 Å². The number of H-pyrrole nitrogens is 1. The first kappa shape index (κ1) is 14.6. The number of nitrogens with zero attached hydrogens (tertiary/aromatic N) is 1. The quantitative estimate of drug-likeness (QED) is 0.714. The number of benzene rings is 1. The third kappa shape index (κ3) is 3.59. The standard InChI is InChI=1S/C14H17ClN4O/c15-11-5-3-4-10(8-11)13-12(9-18-19-13)14(20)17-7-2-1-6-16/h3-5,8-9H,1-2,6-7,16H2,(H,17,20)(H,18,19). The van der Waals surface area contributed by atoms with Crippen molar-refractivity contribution in [3.63, 3.8) is 0 Å². The lowest BCUT2D eigenvalue weighted by molar-refractivity contribution is 0.0954. The third-order valence-electron chi connectivity index (χ3n) is 2.91. The highest BCUT2D eigenvalue weighted by Crippen LogP contribution is 2.23. The molecule has 1 amide bonds. The van der Waals surface area contributed by atoms with Crippen LogP contribution in [0.3, 0.4) is 0 Å². The van der Waals surface area contributed by atoms with Gasteiger partial charge in [-0.1, -0.05) is 23.7 Å². The fourth-order valence-corrected chi connectivity index (χ4v) is 2.08. The summed E-state index contributed by atoms with van der Waals surface area (Å²) in [4.78, 5) is 12.1. The molecule has 106 valence electrons. The van der Waals surface area contributed by atoms with Crippen molar-refractivity contribution in [2.45, 2.75) is 12.8 Å². The topological polar surface area (TPSA) is 83.8 Å². The lowest BCUT2D eigenvalue weighted by atomic mass is 10.1. The fourth-order valence-electron chi connectivity index (χ4n) is 1.89. The highest BCUT2D eigenvalue weighted by atomic mass is 35.5. The van der Waals surface area contributed by atoms with E-state index in [0.717, 1.165) is 18.4 Å². The van der Waals surface area contributed by atoms with Crippen LogP contribution in [0.5, 0.6) is 0 Å². The van der Waals surface area contributed by atoms with Gasteiger partial charge in [0.25, 0.3) is 5.91 Å². The number of rotatable bonds is 6.